The van der Waals surface area contributed by atoms with Crippen LogP contribution in [0.5, 0.6) is 11.5 Å². The number of hydrogen-bond donors (Lipinski definition) is 1. The Hall–Kier alpha value is -2.73. The van der Waals surface area contributed by atoms with E-state index >= 15 is 0 Å². The molecular formula is C21H21ClN2O4. The van der Waals surface area contributed by atoms with Crippen LogP contribution in [0.3, 0.4) is 0 Å². The van der Waals surface area contributed by atoms with Crippen LogP contribution < -0.4 is 14.8 Å². The zero-order valence-corrected chi connectivity index (χ0v) is 16.1. The molecule has 0 spiro atoms. The molecule has 0 saturated carbocycles. The van der Waals surface area contributed by atoms with Gasteiger partial charge < -0.3 is 19.7 Å². The van der Waals surface area contributed by atoms with Gasteiger partial charge in [0, 0.05) is 24.5 Å². The minimum absolute atomic E-state index is 0.0916. The highest BCUT2D eigenvalue weighted by Gasteiger charge is 2.23. The molecule has 0 unspecified atom stereocenters. The van der Waals surface area contributed by atoms with Crippen LogP contribution >= 0.6 is 11.6 Å². The number of anilines is 1. The molecule has 2 heterocycles. The van der Waals surface area contributed by atoms with Crippen LogP contribution in [0, 0.1) is 0 Å². The average Bonchev–Trinajstić information content (AvgIpc) is 3.38. The highest BCUT2D eigenvalue weighted by molar-refractivity contribution is 6.31. The van der Waals surface area contributed by atoms with Crippen LogP contribution in [0.25, 0.3) is 0 Å². The molecule has 7 heteroatoms. The Labute approximate surface area is 168 Å². The minimum Gasteiger partial charge on any atom is -0.454 e. The van der Waals surface area contributed by atoms with E-state index < -0.39 is 0 Å². The van der Waals surface area contributed by atoms with E-state index in [0.717, 1.165) is 37.2 Å². The molecule has 2 aromatic carbocycles. The number of aryl methyl sites for hydroxylation is 1. The number of nitrogens with one attached hydrogen (secondary N) is 1. The van der Waals surface area contributed by atoms with Crippen molar-refractivity contribution in [2.24, 2.45) is 0 Å². The molecule has 2 aliphatic rings. The van der Waals surface area contributed by atoms with Gasteiger partial charge in [-0.2, -0.15) is 0 Å². The zero-order valence-electron chi connectivity index (χ0n) is 15.4. The average molecular weight is 401 g/mol. The Morgan fingerprint density at radius 1 is 1.04 bits per heavy atom. The van der Waals surface area contributed by atoms with Crippen LogP contribution in [0.15, 0.2) is 36.4 Å². The Bertz CT molecular complexity index is 909. The van der Waals surface area contributed by atoms with Gasteiger partial charge in [0.15, 0.2) is 11.5 Å². The number of hydrogen-bond acceptors (Lipinski definition) is 4. The van der Waals surface area contributed by atoms with Gasteiger partial charge >= 0.3 is 0 Å². The molecule has 28 heavy (non-hydrogen) atoms. The number of fused-ring (bicyclic) bond motifs is 1. The predicted molar refractivity (Wildman–Crippen MR) is 106 cm³/mol. The molecule has 4 rings (SSSR count). The van der Waals surface area contributed by atoms with Gasteiger partial charge in [-0.05, 0) is 55.2 Å². The number of ether oxygens (including phenoxy) is 2. The minimum atomic E-state index is -0.157. The van der Waals surface area contributed by atoms with E-state index in [9.17, 15) is 9.59 Å². The van der Waals surface area contributed by atoms with E-state index in [1.807, 2.05) is 18.2 Å². The summed E-state index contributed by atoms with van der Waals surface area (Å²) < 4.78 is 10.7. The topological polar surface area (TPSA) is 67.9 Å². The normalized spacial score (nSPS) is 15.0. The van der Waals surface area contributed by atoms with Crippen LogP contribution in [0.1, 0.15) is 35.2 Å². The lowest BCUT2D eigenvalue weighted by Gasteiger charge is -2.18. The summed E-state index contributed by atoms with van der Waals surface area (Å²) in [5.41, 5.74) is 1.92. The summed E-state index contributed by atoms with van der Waals surface area (Å²) in [5, 5.41) is 3.34. The van der Waals surface area contributed by atoms with Gasteiger partial charge in [0.1, 0.15) is 0 Å². The second-order valence-electron chi connectivity index (χ2n) is 6.93. The van der Waals surface area contributed by atoms with E-state index in [-0.39, 0.29) is 18.6 Å². The first kappa shape index (κ1) is 18.6. The van der Waals surface area contributed by atoms with Gasteiger partial charge in [0.2, 0.25) is 12.7 Å². The van der Waals surface area contributed by atoms with Crippen molar-refractivity contribution in [2.45, 2.75) is 25.7 Å². The Morgan fingerprint density at radius 2 is 1.82 bits per heavy atom. The summed E-state index contributed by atoms with van der Waals surface area (Å²) >= 11 is 6.09. The summed E-state index contributed by atoms with van der Waals surface area (Å²) in [7, 11) is 0. The summed E-state index contributed by atoms with van der Waals surface area (Å²) in [5.74, 6) is 1.18. The second kappa shape index (κ2) is 8.10. The van der Waals surface area contributed by atoms with Crippen molar-refractivity contribution in [1.29, 1.82) is 0 Å². The Morgan fingerprint density at radius 3 is 2.64 bits per heavy atom. The number of carbonyl (C=O) groups excluding carboxylic acids is 2. The van der Waals surface area contributed by atoms with Crippen LogP contribution in [0.2, 0.25) is 5.02 Å². The quantitative estimate of drug-likeness (QED) is 0.827. The van der Waals surface area contributed by atoms with E-state index in [1.165, 1.54) is 0 Å². The monoisotopic (exact) mass is 400 g/mol. The molecule has 146 valence electrons. The number of carbonyl (C=O) groups is 2. The van der Waals surface area contributed by atoms with Gasteiger partial charge in [0.05, 0.1) is 11.3 Å². The molecule has 0 bridgehead atoms. The first-order valence-corrected chi connectivity index (χ1v) is 9.75. The van der Waals surface area contributed by atoms with Crippen molar-refractivity contribution in [2.75, 3.05) is 25.2 Å². The van der Waals surface area contributed by atoms with Gasteiger partial charge in [-0.3, -0.25) is 9.59 Å². The molecular weight excluding hydrogens is 380 g/mol. The molecule has 6 nitrogen and oxygen atoms in total. The fourth-order valence-corrected chi connectivity index (χ4v) is 3.63. The van der Waals surface area contributed by atoms with Crippen LogP contribution in [0.4, 0.5) is 5.69 Å². The van der Waals surface area contributed by atoms with Crippen molar-refractivity contribution in [3.05, 3.63) is 52.5 Å². The van der Waals surface area contributed by atoms with Gasteiger partial charge in [-0.1, -0.05) is 17.7 Å². The second-order valence-corrected chi connectivity index (χ2v) is 7.36. The predicted octanol–water partition coefficient (Wildman–Crippen LogP) is 3.88. The molecule has 0 aliphatic carbocycles. The van der Waals surface area contributed by atoms with Crippen molar-refractivity contribution in [1.82, 2.24) is 4.90 Å². The summed E-state index contributed by atoms with van der Waals surface area (Å²) in [6.45, 7) is 1.70. The highest BCUT2D eigenvalue weighted by atomic mass is 35.5. The van der Waals surface area contributed by atoms with Gasteiger partial charge in [0.25, 0.3) is 5.91 Å². The summed E-state index contributed by atoms with van der Waals surface area (Å²) in [6, 6.07) is 10.6. The number of benzene rings is 2. The number of nitrogens with zero attached hydrogens (tertiary/aromatic N) is 1. The molecule has 0 atom stereocenters. The standard InChI is InChI=1S/C21H21ClN2O4/c22-15-5-6-17(16(12-15)21(26)24-9-1-2-10-24)23-20(25)8-4-14-3-7-18-19(11-14)28-13-27-18/h3,5-7,11-12H,1-2,4,8-10,13H2,(H,23,25). The SMILES string of the molecule is O=C(CCc1ccc2c(c1)OCO2)Nc1ccc(Cl)cc1C(=O)N1CCCC1. The lowest BCUT2D eigenvalue weighted by atomic mass is 10.1. The molecule has 2 amide bonds. The summed E-state index contributed by atoms with van der Waals surface area (Å²) in [4.78, 5) is 27.1. The van der Waals surface area contributed by atoms with Crippen LogP contribution in [-0.2, 0) is 11.2 Å². The summed E-state index contributed by atoms with van der Waals surface area (Å²) in [6.07, 6.45) is 2.86. The highest BCUT2D eigenvalue weighted by Crippen LogP contribution is 2.33. The Kier molecular flexibility index (Phi) is 5.39. The first-order chi connectivity index (χ1) is 13.6. The molecule has 1 saturated heterocycles. The number of rotatable bonds is 5. The maximum absolute atomic E-state index is 12.8. The molecule has 1 fully saturated rings. The maximum Gasteiger partial charge on any atom is 0.256 e. The van der Waals surface area contributed by atoms with Gasteiger partial charge in [-0.15, -0.1) is 0 Å². The molecule has 0 radical (unpaired) electrons. The van der Waals surface area contributed by atoms with E-state index in [2.05, 4.69) is 5.32 Å². The van der Waals surface area contributed by atoms with E-state index in [1.54, 1.807) is 23.1 Å². The van der Waals surface area contributed by atoms with Crippen molar-refractivity contribution < 1.29 is 19.1 Å². The largest absolute Gasteiger partial charge is 0.454 e. The maximum atomic E-state index is 12.8. The molecule has 2 aromatic rings. The Balaban J connectivity index is 1.42. The van der Waals surface area contributed by atoms with Crippen LogP contribution in [-0.4, -0.2) is 36.6 Å². The van der Waals surface area contributed by atoms with Crippen molar-refractivity contribution >= 4 is 29.1 Å². The zero-order chi connectivity index (χ0) is 19.5. The third-order valence-corrected chi connectivity index (χ3v) is 5.19. The molecule has 2 aliphatic heterocycles. The smallest absolute Gasteiger partial charge is 0.256 e. The van der Waals surface area contributed by atoms with E-state index in [0.29, 0.717) is 34.9 Å². The number of likely N-dealkylation sites (tertiary alicyclic amines) is 1. The lowest BCUT2D eigenvalue weighted by Crippen LogP contribution is -2.29. The number of halogens is 1. The molecule has 1 N–H and O–H groups in total. The number of amides is 2. The van der Waals surface area contributed by atoms with Crippen molar-refractivity contribution in [3.8, 4) is 11.5 Å². The molecule has 0 aromatic heterocycles. The van der Waals surface area contributed by atoms with E-state index in [4.69, 9.17) is 21.1 Å². The van der Waals surface area contributed by atoms with Gasteiger partial charge in [-0.25, -0.2) is 0 Å². The fourth-order valence-electron chi connectivity index (χ4n) is 3.46. The lowest BCUT2D eigenvalue weighted by molar-refractivity contribution is -0.116. The third kappa shape index (κ3) is 4.07. The van der Waals surface area contributed by atoms with Crippen molar-refractivity contribution in [3.63, 3.8) is 0 Å². The first-order valence-electron chi connectivity index (χ1n) is 9.37. The fraction of sp³-hybridized carbons (Fsp3) is 0.333. The third-order valence-electron chi connectivity index (χ3n) is 4.96.